The maximum Gasteiger partial charge on any atom is 0.306 e. The molecule has 0 bridgehead atoms. The van der Waals surface area contributed by atoms with Crippen molar-refractivity contribution in [2.75, 3.05) is 13.2 Å². The van der Waals surface area contributed by atoms with E-state index < -0.39 is 6.10 Å². The summed E-state index contributed by atoms with van der Waals surface area (Å²) in [6.45, 7) is 6.60. The smallest absolute Gasteiger partial charge is 0.306 e. The van der Waals surface area contributed by atoms with Crippen molar-refractivity contribution in [1.82, 2.24) is 0 Å². The maximum atomic E-state index is 12.9. The van der Waals surface area contributed by atoms with Crippen molar-refractivity contribution in [2.24, 2.45) is 0 Å². The zero-order chi connectivity index (χ0) is 55.0. The minimum absolute atomic E-state index is 0.0796. The van der Waals surface area contributed by atoms with E-state index in [2.05, 4.69) is 93.7 Å². The van der Waals surface area contributed by atoms with Crippen LogP contribution in [0.1, 0.15) is 335 Å². The lowest BCUT2D eigenvalue weighted by Gasteiger charge is -2.18. The summed E-state index contributed by atoms with van der Waals surface area (Å²) < 4.78 is 16.9. The van der Waals surface area contributed by atoms with Crippen LogP contribution in [-0.4, -0.2) is 37.2 Å². The summed E-state index contributed by atoms with van der Waals surface area (Å²) in [5, 5.41) is 0. The van der Waals surface area contributed by atoms with Crippen LogP contribution in [0.4, 0.5) is 0 Å². The highest BCUT2D eigenvalue weighted by molar-refractivity contribution is 5.71. The van der Waals surface area contributed by atoms with Crippen molar-refractivity contribution in [3.8, 4) is 0 Å². The Morgan fingerprint density at radius 2 is 0.474 bits per heavy atom. The average molecular weight is 1060 g/mol. The van der Waals surface area contributed by atoms with E-state index in [0.717, 1.165) is 89.9 Å². The van der Waals surface area contributed by atoms with Gasteiger partial charge >= 0.3 is 17.9 Å². The van der Waals surface area contributed by atoms with E-state index in [4.69, 9.17) is 14.2 Å². The third-order valence-corrected chi connectivity index (χ3v) is 14.4. The third kappa shape index (κ3) is 61.7. The molecule has 76 heavy (non-hydrogen) atoms. The van der Waals surface area contributed by atoms with E-state index >= 15 is 0 Å². The quantitative estimate of drug-likeness (QED) is 0.0261. The molecule has 0 saturated carbocycles. The molecule has 6 nitrogen and oxygen atoms in total. The molecule has 0 spiro atoms. The number of hydrogen-bond acceptors (Lipinski definition) is 6. The zero-order valence-corrected chi connectivity index (χ0v) is 50.5. The number of carbonyl (C=O) groups excluding carboxylic acids is 3. The van der Waals surface area contributed by atoms with Gasteiger partial charge in [-0.3, -0.25) is 14.4 Å². The van der Waals surface area contributed by atoms with E-state index in [0.29, 0.717) is 19.3 Å². The molecule has 0 fully saturated rings. The maximum absolute atomic E-state index is 12.9. The fourth-order valence-electron chi connectivity index (χ4n) is 9.42. The predicted octanol–water partition coefficient (Wildman–Crippen LogP) is 22.5. The Morgan fingerprint density at radius 3 is 0.776 bits per heavy atom. The molecule has 0 aromatic rings. The van der Waals surface area contributed by atoms with Gasteiger partial charge in [0.1, 0.15) is 13.2 Å². The lowest BCUT2D eigenvalue weighted by atomic mass is 10.0. The standard InChI is InChI=1S/C70H124O6/c1-4-7-10-13-16-19-22-25-27-29-30-31-32-33-34-35-36-37-38-39-40-42-43-45-48-51-54-57-60-63-69(72)75-66-67(65-74-68(71)62-59-56-53-50-47-24-21-18-15-12-9-6-3)76-70(73)64-61-58-55-52-49-46-44-41-28-26-23-20-17-14-11-8-5-2/h17-18,20-22,25-26,28-30,32-33,67H,4-16,19,23-24,27,31,34-66H2,1-3H3/b20-17-,21-18-,25-22-,28-26-,30-29-,33-32-. The molecule has 440 valence electrons. The van der Waals surface area contributed by atoms with Crippen molar-refractivity contribution in [1.29, 1.82) is 0 Å². The van der Waals surface area contributed by atoms with Gasteiger partial charge < -0.3 is 14.2 Å². The molecule has 1 atom stereocenters. The van der Waals surface area contributed by atoms with Gasteiger partial charge in [-0.2, -0.15) is 0 Å². The van der Waals surface area contributed by atoms with Gasteiger partial charge in [-0.1, -0.05) is 273 Å². The number of unbranched alkanes of at least 4 members (excludes halogenated alkanes) is 37. The summed E-state index contributed by atoms with van der Waals surface area (Å²) in [6.07, 6.45) is 83.4. The zero-order valence-electron chi connectivity index (χ0n) is 50.5. The van der Waals surface area contributed by atoms with Crippen LogP contribution in [0, 0.1) is 0 Å². The minimum atomic E-state index is -0.783. The summed E-state index contributed by atoms with van der Waals surface area (Å²) in [5.41, 5.74) is 0. The number of allylic oxidation sites excluding steroid dienone is 12. The van der Waals surface area contributed by atoms with Crippen LogP contribution in [0.25, 0.3) is 0 Å². The number of esters is 3. The normalized spacial score (nSPS) is 12.5. The highest BCUT2D eigenvalue weighted by atomic mass is 16.6. The molecule has 0 rings (SSSR count). The molecule has 1 unspecified atom stereocenters. The molecule has 0 aliphatic heterocycles. The van der Waals surface area contributed by atoms with Crippen LogP contribution in [0.15, 0.2) is 72.9 Å². The monoisotopic (exact) mass is 1060 g/mol. The molecule has 0 aromatic carbocycles. The molecule has 6 heteroatoms. The van der Waals surface area contributed by atoms with E-state index in [1.54, 1.807) is 0 Å². The first kappa shape index (κ1) is 72.8. The minimum Gasteiger partial charge on any atom is -0.462 e. The summed E-state index contributed by atoms with van der Waals surface area (Å²) >= 11 is 0. The first-order valence-corrected chi connectivity index (χ1v) is 32.9. The van der Waals surface area contributed by atoms with Gasteiger partial charge in [0.25, 0.3) is 0 Å². The summed E-state index contributed by atoms with van der Waals surface area (Å²) in [4.78, 5) is 38.3. The third-order valence-electron chi connectivity index (χ3n) is 14.4. The summed E-state index contributed by atoms with van der Waals surface area (Å²) in [7, 11) is 0. The van der Waals surface area contributed by atoms with Crippen LogP contribution in [-0.2, 0) is 28.6 Å². The van der Waals surface area contributed by atoms with Crippen LogP contribution < -0.4 is 0 Å². The van der Waals surface area contributed by atoms with Gasteiger partial charge in [0.05, 0.1) is 0 Å². The Morgan fingerprint density at radius 1 is 0.263 bits per heavy atom. The topological polar surface area (TPSA) is 78.9 Å². The van der Waals surface area contributed by atoms with Crippen LogP contribution in [0.2, 0.25) is 0 Å². The van der Waals surface area contributed by atoms with E-state index in [1.165, 1.54) is 205 Å². The van der Waals surface area contributed by atoms with Gasteiger partial charge in [0.15, 0.2) is 6.10 Å². The van der Waals surface area contributed by atoms with Gasteiger partial charge in [0.2, 0.25) is 0 Å². The Bertz CT molecular complexity index is 1400. The van der Waals surface area contributed by atoms with Crippen molar-refractivity contribution >= 4 is 17.9 Å². The van der Waals surface area contributed by atoms with Gasteiger partial charge in [-0.25, -0.2) is 0 Å². The Kier molecular flexibility index (Phi) is 61.7. The van der Waals surface area contributed by atoms with Gasteiger partial charge in [-0.05, 0) is 116 Å². The Balaban J connectivity index is 4.22. The van der Waals surface area contributed by atoms with Gasteiger partial charge in [0, 0.05) is 19.3 Å². The molecule has 0 aromatic heterocycles. The summed E-state index contributed by atoms with van der Waals surface area (Å²) in [5.74, 6) is -0.884. The second-order valence-electron chi connectivity index (χ2n) is 22.0. The molecule has 0 N–H and O–H groups in total. The second-order valence-corrected chi connectivity index (χ2v) is 22.0. The van der Waals surface area contributed by atoms with Crippen LogP contribution >= 0.6 is 0 Å². The fraction of sp³-hybridized carbons (Fsp3) is 0.786. The van der Waals surface area contributed by atoms with Crippen LogP contribution in [0.3, 0.4) is 0 Å². The second kappa shape index (κ2) is 64.4. The first-order chi connectivity index (χ1) is 37.5. The lowest BCUT2D eigenvalue weighted by molar-refractivity contribution is -0.167. The van der Waals surface area contributed by atoms with E-state index in [9.17, 15) is 14.4 Å². The van der Waals surface area contributed by atoms with Crippen molar-refractivity contribution in [3.05, 3.63) is 72.9 Å². The van der Waals surface area contributed by atoms with Crippen LogP contribution in [0.5, 0.6) is 0 Å². The highest BCUT2D eigenvalue weighted by Crippen LogP contribution is 2.16. The van der Waals surface area contributed by atoms with E-state index in [-0.39, 0.29) is 31.1 Å². The molecule has 0 amide bonds. The molecule has 0 saturated heterocycles. The molecule has 0 aliphatic carbocycles. The largest absolute Gasteiger partial charge is 0.462 e. The molecular weight excluding hydrogens is 937 g/mol. The van der Waals surface area contributed by atoms with Gasteiger partial charge in [-0.15, -0.1) is 0 Å². The number of carbonyl (C=O) groups is 3. The number of ether oxygens (including phenoxy) is 3. The lowest BCUT2D eigenvalue weighted by Crippen LogP contribution is -2.30. The first-order valence-electron chi connectivity index (χ1n) is 32.9. The predicted molar refractivity (Wildman–Crippen MR) is 330 cm³/mol. The molecular formula is C70H124O6. The fourth-order valence-corrected chi connectivity index (χ4v) is 9.42. The Labute approximate surface area is 472 Å². The highest BCUT2D eigenvalue weighted by Gasteiger charge is 2.19. The van der Waals surface area contributed by atoms with E-state index in [1.807, 2.05) is 0 Å². The summed E-state index contributed by atoms with van der Waals surface area (Å²) in [6, 6.07) is 0. The molecule has 0 aliphatic rings. The SMILES string of the molecule is CCCCC/C=C\C/C=C\CCCCCCCCCC(=O)OC(COC(=O)CCCCCCC/C=C\CCCCC)COC(=O)CCCCCCCCCCCCCCCC/C=C\C/C=C\C/C=C\CCCCCCC. The molecule has 0 radical (unpaired) electrons. The molecule has 0 heterocycles. The van der Waals surface area contributed by atoms with Crippen molar-refractivity contribution < 1.29 is 28.6 Å². The van der Waals surface area contributed by atoms with Crippen molar-refractivity contribution in [3.63, 3.8) is 0 Å². The number of hydrogen-bond donors (Lipinski definition) is 0. The Hall–Kier alpha value is -3.15. The average Bonchev–Trinajstić information content (AvgIpc) is 3.42. The van der Waals surface area contributed by atoms with Crippen molar-refractivity contribution in [2.45, 2.75) is 341 Å². The number of rotatable bonds is 60.